The van der Waals surface area contributed by atoms with E-state index in [-0.39, 0.29) is 0 Å². The molecule has 1 radical (unpaired) electrons. The van der Waals surface area contributed by atoms with Crippen LogP contribution in [0.3, 0.4) is 0 Å². The molecular weight excluding hydrogens is 174 g/mol. The van der Waals surface area contributed by atoms with E-state index in [9.17, 15) is 26.3 Å². The van der Waals surface area contributed by atoms with Crippen molar-refractivity contribution in [2.24, 2.45) is 5.92 Å². The van der Waals surface area contributed by atoms with Gasteiger partial charge < -0.3 is 0 Å². The Bertz CT molecular complexity index is 120. The molecule has 11 heavy (non-hydrogen) atoms. The van der Waals surface area contributed by atoms with E-state index in [1.165, 1.54) is 0 Å². The van der Waals surface area contributed by atoms with Crippen LogP contribution in [0.15, 0.2) is 0 Å². The van der Waals surface area contributed by atoms with Gasteiger partial charge in [0.15, 0.2) is 0 Å². The van der Waals surface area contributed by atoms with Crippen molar-refractivity contribution < 1.29 is 26.3 Å². The van der Waals surface area contributed by atoms with Gasteiger partial charge in [0.25, 0.3) is 0 Å². The third kappa shape index (κ3) is 4.92. The first-order valence-electron chi connectivity index (χ1n) is 2.59. The van der Waals surface area contributed by atoms with Gasteiger partial charge in [-0.25, -0.2) is 0 Å². The number of hydrogen-bond acceptors (Lipinski definition) is 0. The van der Waals surface area contributed by atoms with Crippen molar-refractivity contribution in [1.82, 2.24) is 0 Å². The first-order valence-corrected chi connectivity index (χ1v) is 2.59. The highest BCUT2D eigenvalue weighted by Crippen LogP contribution is 2.34. The second-order valence-electron chi connectivity index (χ2n) is 2.06. The van der Waals surface area contributed by atoms with E-state index >= 15 is 0 Å². The summed E-state index contributed by atoms with van der Waals surface area (Å²) >= 11 is 0. The fraction of sp³-hybridized carbons (Fsp3) is 0.800. The molecule has 0 N–H and O–H groups in total. The average Bonchev–Trinajstić information content (AvgIpc) is 1.56. The zero-order chi connectivity index (χ0) is 9.28. The van der Waals surface area contributed by atoms with Crippen molar-refractivity contribution in [3.05, 3.63) is 6.92 Å². The second kappa shape index (κ2) is 2.91. The summed E-state index contributed by atoms with van der Waals surface area (Å²) in [6, 6.07) is 0. The van der Waals surface area contributed by atoms with Crippen molar-refractivity contribution in [3.8, 4) is 0 Å². The molecule has 0 nitrogen and oxygen atoms in total. The Balaban J connectivity index is 3.99. The normalized spacial score (nSPS) is 16.6. The van der Waals surface area contributed by atoms with E-state index in [4.69, 9.17) is 0 Å². The molecule has 0 aliphatic heterocycles. The van der Waals surface area contributed by atoms with Crippen molar-refractivity contribution >= 4 is 0 Å². The van der Waals surface area contributed by atoms with Gasteiger partial charge in [0.05, 0.1) is 12.3 Å². The Hall–Kier alpha value is -0.420. The van der Waals surface area contributed by atoms with Crippen molar-refractivity contribution in [3.63, 3.8) is 0 Å². The Morgan fingerprint density at radius 2 is 1.36 bits per heavy atom. The van der Waals surface area contributed by atoms with E-state index in [0.717, 1.165) is 0 Å². The predicted octanol–water partition coefficient (Wildman–Crippen LogP) is 2.95. The molecule has 0 spiro atoms. The molecule has 1 unspecified atom stereocenters. The molecule has 0 heterocycles. The Morgan fingerprint density at radius 1 is 1.00 bits per heavy atom. The summed E-state index contributed by atoms with van der Waals surface area (Å²) in [5.74, 6) is -2.57. The summed E-state index contributed by atoms with van der Waals surface area (Å²) in [6.07, 6.45) is -11.6. The number of hydrogen-bond donors (Lipinski definition) is 0. The molecule has 0 aromatic heterocycles. The molecule has 0 fully saturated rings. The quantitative estimate of drug-likeness (QED) is 0.543. The maximum absolute atomic E-state index is 11.4. The molecular formula is C5H5F6. The predicted molar refractivity (Wildman–Crippen MR) is 25.6 cm³/mol. The summed E-state index contributed by atoms with van der Waals surface area (Å²) in [6.45, 7) is 2.35. The molecule has 0 saturated carbocycles. The fourth-order valence-corrected chi connectivity index (χ4v) is 0.395. The highest BCUT2D eigenvalue weighted by molar-refractivity contribution is 4.72. The van der Waals surface area contributed by atoms with Gasteiger partial charge in [-0.1, -0.05) is 0 Å². The lowest BCUT2D eigenvalue weighted by Gasteiger charge is -2.16. The van der Waals surface area contributed by atoms with Gasteiger partial charge in [-0.2, -0.15) is 26.3 Å². The van der Waals surface area contributed by atoms with Gasteiger partial charge in [0, 0.05) is 0 Å². The van der Waals surface area contributed by atoms with E-state index < -0.39 is 24.7 Å². The maximum atomic E-state index is 11.4. The summed E-state index contributed by atoms with van der Waals surface area (Å²) in [5, 5.41) is 0. The van der Waals surface area contributed by atoms with Crippen LogP contribution in [0.4, 0.5) is 26.3 Å². The zero-order valence-corrected chi connectivity index (χ0v) is 5.26. The van der Waals surface area contributed by atoms with Crippen LogP contribution >= 0.6 is 0 Å². The molecule has 0 amide bonds. The first-order chi connectivity index (χ1) is 4.63. The zero-order valence-electron chi connectivity index (χ0n) is 5.26. The van der Waals surface area contributed by atoms with Gasteiger partial charge in [-0.15, -0.1) is 0 Å². The smallest absolute Gasteiger partial charge is 0.171 e. The molecule has 1 atom stereocenters. The lowest BCUT2D eigenvalue weighted by molar-refractivity contribution is -0.207. The van der Waals surface area contributed by atoms with Crippen LogP contribution < -0.4 is 0 Å². The van der Waals surface area contributed by atoms with E-state index in [1.807, 2.05) is 0 Å². The molecule has 0 aliphatic carbocycles. The summed E-state index contributed by atoms with van der Waals surface area (Å²) in [4.78, 5) is 0. The van der Waals surface area contributed by atoms with Gasteiger partial charge in [0.2, 0.25) is 0 Å². The van der Waals surface area contributed by atoms with E-state index in [1.54, 1.807) is 0 Å². The standard InChI is InChI=1S/C5H5F6/c1-3(5(9,10)11)2-4(6,7)8/h3H,1-2H2. The highest BCUT2D eigenvalue weighted by atomic mass is 19.4. The Labute approximate surface area is 59.2 Å². The number of rotatable bonds is 1. The molecule has 0 rings (SSSR count). The summed E-state index contributed by atoms with van der Waals surface area (Å²) < 4.78 is 68.1. The monoisotopic (exact) mass is 179 g/mol. The molecule has 0 aromatic carbocycles. The minimum absolute atomic E-state index is 1.92. The average molecular weight is 179 g/mol. The highest BCUT2D eigenvalue weighted by Gasteiger charge is 2.43. The van der Waals surface area contributed by atoms with Crippen LogP contribution in [0.2, 0.25) is 0 Å². The minimum Gasteiger partial charge on any atom is -0.171 e. The van der Waals surface area contributed by atoms with Crippen LogP contribution in [-0.2, 0) is 0 Å². The lowest BCUT2D eigenvalue weighted by Crippen LogP contribution is -2.26. The van der Waals surface area contributed by atoms with Crippen LogP contribution in [0, 0.1) is 12.8 Å². The van der Waals surface area contributed by atoms with Gasteiger partial charge in [0.1, 0.15) is 0 Å². The Morgan fingerprint density at radius 3 is 1.45 bits per heavy atom. The molecule has 0 saturated heterocycles. The van der Waals surface area contributed by atoms with E-state index in [0.29, 0.717) is 0 Å². The molecule has 6 heteroatoms. The third-order valence-corrected chi connectivity index (χ3v) is 0.941. The van der Waals surface area contributed by atoms with Gasteiger partial charge >= 0.3 is 12.4 Å². The van der Waals surface area contributed by atoms with Crippen molar-refractivity contribution in [1.29, 1.82) is 0 Å². The fourth-order valence-electron chi connectivity index (χ4n) is 0.395. The Kier molecular flexibility index (Phi) is 2.79. The van der Waals surface area contributed by atoms with E-state index in [2.05, 4.69) is 6.92 Å². The number of halogens is 6. The summed E-state index contributed by atoms with van der Waals surface area (Å²) in [7, 11) is 0. The molecule has 0 aliphatic rings. The van der Waals surface area contributed by atoms with Crippen LogP contribution in [-0.4, -0.2) is 12.4 Å². The van der Waals surface area contributed by atoms with Gasteiger partial charge in [-0.3, -0.25) is 0 Å². The maximum Gasteiger partial charge on any atom is 0.392 e. The van der Waals surface area contributed by atoms with Crippen LogP contribution in [0.25, 0.3) is 0 Å². The molecule has 0 aromatic rings. The number of alkyl halides is 6. The van der Waals surface area contributed by atoms with Crippen molar-refractivity contribution in [2.75, 3.05) is 0 Å². The van der Waals surface area contributed by atoms with Crippen LogP contribution in [0.5, 0.6) is 0 Å². The molecule has 67 valence electrons. The lowest BCUT2D eigenvalue weighted by atomic mass is 10.1. The minimum atomic E-state index is -4.87. The molecule has 0 bridgehead atoms. The first kappa shape index (κ1) is 10.6. The van der Waals surface area contributed by atoms with Crippen molar-refractivity contribution in [2.45, 2.75) is 18.8 Å². The topological polar surface area (TPSA) is 0 Å². The largest absolute Gasteiger partial charge is 0.392 e. The SMILES string of the molecule is [CH2]C(CC(F)(F)F)C(F)(F)F. The van der Waals surface area contributed by atoms with Gasteiger partial charge in [-0.05, 0) is 6.92 Å². The third-order valence-electron chi connectivity index (χ3n) is 0.941. The van der Waals surface area contributed by atoms with Crippen LogP contribution in [0.1, 0.15) is 6.42 Å². The summed E-state index contributed by atoms with van der Waals surface area (Å²) in [5.41, 5.74) is 0. The second-order valence-corrected chi connectivity index (χ2v) is 2.06.